The van der Waals surface area contributed by atoms with Gasteiger partial charge in [-0.15, -0.1) is 5.10 Å². The van der Waals surface area contributed by atoms with E-state index in [9.17, 15) is 8.78 Å². The Morgan fingerprint density at radius 2 is 2.11 bits per heavy atom. The van der Waals surface area contributed by atoms with Gasteiger partial charge in [-0.25, -0.2) is 8.78 Å². The summed E-state index contributed by atoms with van der Waals surface area (Å²) in [6.07, 6.45) is 1.28. The molecule has 0 aliphatic rings. The van der Waals surface area contributed by atoms with Crippen LogP contribution in [0.4, 0.5) is 8.78 Å². The molecule has 1 aromatic carbocycles. The number of benzene rings is 1. The Morgan fingerprint density at radius 1 is 1.32 bits per heavy atom. The first-order chi connectivity index (χ1) is 9.11. The van der Waals surface area contributed by atoms with Gasteiger partial charge in [0.05, 0.1) is 11.8 Å². The quantitative estimate of drug-likeness (QED) is 0.381. The van der Waals surface area contributed by atoms with Gasteiger partial charge in [0.15, 0.2) is 17.4 Å². The highest BCUT2D eigenvalue weighted by atomic mass is 19.1. The summed E-state index contributed by atoms with van der Waals surface area (Å²) in [6, 6.07) is 4.06. The predicted molar refractivity (Wildman–Crippen MR) is 61.0 cm³/mol. The van der Waals surface area contributed by atoms with Crippen molar-refractivity contribution in [2.45, 2.75) is 0 Å². The van der Waals surface area contributed by atoms with Gasteiger partial charge in [-0.1, -0.05) is 5.16 Å². The van der Waals surface area contributed by atoms with Crippen molar-refractivity contribution in [2.75, 3.05) is 0 Å². The zero-order chi connectivity index (χ0) is 13.8. The highest BCUT2D eigenvalue weighted by Gasteiger charge is 2.14. The van der Waals surface area contributed by atoms with E-state index < -0.39 is 11.6 Å². The average molecular weight is 266 g/mol. The number of aromatic nitrogens is 2. The Balaban J connectivity index is 2.41. The summed E-state index contributed by atoms with van der Waals surface area (Å²) in [5, 5.41) is 18.5. The summed E-state index contributed by atoms with van der Waals surface area (Å²) >= 11 is 0. The van der Waals surface area contributed by atoms with E-state index in [1.807, 2.05) is 0 Å². The Hall–Kier alpha value is -2.77. The van der Waals surface area contributed by atoms with E-state index in [0.717, 1.165) is 18.2 Å². The van der Waals surface area contributed by atoms with Crippen molar-refractivity contribution in [3.63, 3.8) is 0 Å². The third-order valence-corrected chi connectivity index (χ3v) is 2.17. The Kier molecular flexibility index (Phi) is 3.51. The Bertz CT molecular complexity index is 634. The zero-order valence-corrected chi connectivity index (χ0v) is 9.42. The minimum absolute atomic E-state index is 0.0983. The summed E-state index contributed by atoms with van der Waals surface area (Å²) in [5.41, 5.74) is 5.50. The second-order valence-electron chi connectivity index (χ2n) is 3.41. The van der Waals surface area contributed by atoms with Crippen LogP contribution in [0, 0.1) is 11.6 Å². The number of ether oxygens (including phenoxy) is 1. The number of oxime groups is 1. The van der Waals surface area contributed by atoms with Gasteiger partial charge in [-0.3, -0.25) is 0 Å². The van der Waals surface area contributed by atoms with Crippen LogP contribution in [0.1, 0.15) is 5.56 Å². The lowest BCUT2D eigenvalue weighted by atomic mass is 10.2. The molecule has 2 rings (SSSR count). The van der Waals surface area contributed by atoms with Gasteiger partial charge in [0, 0.05) is 6.07 Å². The molecule has 1 heterocycles. The highest BCUT2D eigenvalue weighted by molar-refractivity contribution is 5.98. The maximum absolute atomic E-state index is 13.4. The predicted octanol–water partition coefficient (Wildman–Crippen LogP) is 1.64. The lowest BCUT2D eigenvalue weighted by Gasteiger charge is -2.08. The smallest absolute Gasteiger partial charge is 0.250 e. The van der Waals surface area contributed by atoms with Gasteiger partial charge >= 0.3 is 0 Å². The van der Waals surface area contributed by atoms with Crippen molar-refractivity contribution < 1.29 is 18.7 Å². The molecule has 6 nitrogen and oxygen atoms in total. The van der Waals surface area contributed by atoms with Crippen LogP contribution in [-0.2, 0) is 0 Å². The monoisotopic (exact) mass is 266 g/mol. The number of nitrogens with zero attached hydrogens (tertiary/aromatic N) is 3. The molecule has 19 heavy (non-hydrogen) atoms. The first-order valence-electron chi connectivity index (χ1n) is 5.04. The fraction of sp³-hybridized carbons (Fsp3) is 0. The molecular weight excluding hydrogens is 258 g/mol. The molecule has 98 valence electrons. The SMILES string of the molecule is N/C(=N/O)c1ccnnc1Oc1cc(F)ccc1F. The zero-order valence-electron chi connectivity index (χ0n) is 9.42. The van der Waals surface area contributed by atoms with E-state index in [1.165, 1.54) is 12.3 Å². The molecule has 0 amide bonds. The van der Waals surface area contributed by atoms with E-state index in [0.29, 0.717) is 0 Å². The minimum Gasteiger partial charge on any atom is -0.434 e. The second kappa shape index (κ2) is 5.25. The fourth-order valence-electron chi connectivity index (χ4n) is 1.30. The van der Waals surface area contributed by atoms with Crippen LogP contribution in [0.2, 0.25) is 0 Å². The minimum atomic E-state index is -0.780. The number of hydrogen-bond donors (Lipinski definition) is 2. The molecule has 0 saturated carbocycles. The van der Waals surface area contributed by atoms with Crippen molar-refractivity contribution in [3.8, 4) is 11.6 Å². The second-order valence-corrected chi connectivity index (χ2v) is 3.41. The molecule has 0 spiro atoms. The van der Waals surface area contributed by atoms with E-state index >= 15 is 0 Å². The standard InChI is InChI=1S/C11H8F2N4O2/c12-6-1-2-8(13)9(5-6)19-11-7(10(14)17-18)3-4-15-16-11/h1-5,18H,(H2,14,17). The van der Waals surface area contributed by atoms with Gasteiger partial charge < -0.3 is 15.7 Å². The summed E-state index contributed by atoms with van der Waals surface area (Å²) in [4.78, 5) is 0. The number of amidine groups is 1. The maximum atomic E-state index is 13.4. The third-order valence-electron chi connectivity index (χ3n) is 2.17. The number of halogens is 2. The van der Waals surface area contributed by atoms with Gasteiger partial charge in [0.2, 0.25) is 5.88 Å². The molecule has 0 fully saturated rings. The molecule has 8 heteroatoms. The molecule has 0 aliphatic carbocycles. The number of rotatable bonds is 3. The van der Waals surface area contributed by atoms with Crippen LogP contribution in [0.15, 0.2) is 35.6 Å². The first kappa shape index (κ1) is 12.7. The van der Waals surface area contributed by atoms with Crippen LogP contribution < -0.4 is 10.5 Å². The van der Waals surface area contributed by atoms with E-state index in [4.69, 9.17) is 15.7 Å². The molecule has 3 N–H and O–H groups in total. The normalized spacial score (nSPS) is 11.4. The molecule has 0 radical (unpaired) electrons. The number of hydrogen-bond acceptors (Lipinski definition) is 5. The topological polar surface area (TPSA) is 93.6 Å². The van der Waals surface area contributed by atoms with E-state index in [2.05, 4.69) is 15.4 Å². The molecule has 0 atom stereocenters. The van der Waals surface area contributed by atoms with Gasteiger partial charge in [0.1, 0.15) is 5.82 Å². The van der Waals surface area contributed by atoms with E-state index in [-0.39, 0.29) is 23.0 Å². The van der Waals surface area contributed by atoms with Crippen molar-refractivity contribution >= 4 is 5.84 Å². The maximum Gasteiger partial charge on any atom is 0.250 e. The van der Waals surface area contributed by atoms with Crippen molar-refractivity contribution in [2.24, 2.45) is 10.9 Å². The van der Waals surface area contributed by atoms with Gasteiger partial charge in [-0.05, 0) is 18.2 Å². The Labute approximate surface area is 106 Å². The Morgan fingerprint density at radius 3 is 2.84 bits per heavy atom. The third kappa shape index (κ3) is 2.73. The van der Waals surface area contributed by atoms with Crippen molar-refractivity contribution in [1.29, 1.82) is 0 Å². The fourth-order valence-corrected chi connectivity index (χ4v) is 1.30. The van der Waals surface area contributed by atoms with Crippen LogP contribution in [0.25, 0.3) is 0 Å². The molecule has 0 bridgehead atoms. The highest BCUT2D eigenvalue weighted by Crippen LogP contribution is 2.25. The lowest BCUT2D eigenvalue weighted by Crippen LogP contribution is -2.15. The molecular formula is C11H8F2N4O2. The largest absolute Gasteiger partial charge is 0.434 e. The summed E-state index contributed by atoms with van der Waals surface area (Å²) in [7, 11) is 0. The average Bonchev–Trinajstić information content (AvgIpc) is 2.42. The van der Waals surface area contributed by atoms with Gasteiger partial charge in [-0.2, -0.15) is 5.10 Å². The summed E-state index contributed by atoms with van der Waals surface area (Å²) < 4.78 is 31.5. The molecule has 0 aliphatic heterocycles. The van der Waals surface area contributed by atoms with Crippen LogP contribution in [0.3, 0.4) is 0 Å². The van der Waals surface area contributed by atoms with E-state index in [1.54, 1.807) is 0 Å². The van der Waals surface area contributed by atoms with Crippen LogP contribution in [-0.4, -0.2) is 21.2 Å². The summed E-state index contributed by atoms with van der Waals surface area (Å²) in [5.74, 6) is -2.33. The molecule has 0 saturated heterocycles. The van der Waals surface area contributed by atoms with Crippen LogP contribution >= 0.6 is 0 Å². The van der Waals surface area contributed by atoms with Crippen molar-refractivity contribution in [1.82, 2.24) is 10.2 Å². The number of nitrogens with two attached hydrogens (primary N) is 1. The van der Waals surface area contributed by atoms with Crippen LogP contribution in [0.5, 0.6) is 11.6 Å². The molecule has 1 aromatic heterocycles. The van der Waals surface area contributed by atoms with Crippen molar-refractivity contribution in [3.05, 3.63) is 47.7 Å². The lowest BCUT2D eigenvalue weighted by molar-refractivity contribution is 0.318. The first-order valence-corrected chi connectivity index (χ1v) is 5.04. The molecule has 2 aromatic rings. The summed E-state index contributed by atoms with van der Waals surface area (Å²) in [6.45, 7) is 0. The molecule has 0 unspecified atom stereocenters. The van der Waals surface area contributed by atoms with Gasteiger partial charge in [0.25, 0.3) is 0 Å².